The third kappa shape index (κ3) is 2.76. The SMILES string of the molecule is C[C@@]1([C@H]2CCCN(Cc3ccccn3)C2)NC(=O)NC1=O. The molecule has 3 rings (SSSR count). The summed E-state index contributed by atoms with van der Waals surface area (Å²) in [5, 5.41) is 5.14. The molecule has 2 N–H and O–H groups in total. The third-order valence-electron chi connectivity index (χ3n) is 4.51. The van der Waals surface area contributed by atoms with Gasteiger partial charge in [0.2, 0.25) is 0 Å². The molecule has 2 aliphatic heterocycles. The number of urea groups is 1. The molecule has 0 aromatic carbocycles. The summed E-state index contributed by atoms with van der Waals surface area (Å²) in [5.41, 5.74) is 0.239. The summed E-state index contributed by atoms with van der Waals surface area (Å²) >= 11 is 0. The van der Waals surface area contributed by atoms with E-state index < -0.39 is 5.54 Å². The zero-order chi connectivity index (χ0) is 14.9. The zero-order valence-electron chi connectivity index (χ0n) is 12.1. The lowest BCUT2D eigenvalue weighted by molar-refractivity contribution is -0.126. The highest BCUT2D eigenvalue weighted by Crippen LogP contribution is 2.30. The van der Waals surface area contributed by atoms with E-state index in [1.165, 1.54) is 0 Å². The lowest BCUT2D eigenvalue weighted by Gasteiger charge is -2.39. The average Bonchev–Trinajstić information content (AvgIpc) is 2.74. The second kappa shape index (κ2) is 5.44. The summed E-state index contributed by atoms with van der Waals surface area (Å²) in [4.78, 5) is 30.1. The van der Waals surface area contributed by atoms with Gasteiger partial charge in [0.15, 0.2) is 0 Å². The quantitative estimate of drug-likeness (QED) is 0.810. The van der Waals surface area contributed by atoms with Crippen LogP contribution in [0.5, 0.6) is 0 Å². The van der Waals surface area contributed by atoms with E-state index in [0.717, 1.165) is 38.2 Å². The molecule has 2 fully saturated rings. The fourth-order valence-corrected chi connectivity index (χ4v) is 3.24. The molecule has 2 atom stereocenters. The van der Waals surface area contributed by atoms with Crippen molar-refractivity contribution in [2.24, 2.45) is 5.92 Å². The molecule has 0 bridgehead atoms. The van der Waals surface area contributed by atoms with Gasteiger partial charge in [-0.1, -0.05) is 6.07 Å². The van der Waals surface area contributed by atoms with Crippen LogP contribution in [0, 0.1) is 5.92 Å². The van der Waals surface area contributed by atoms with E-state index in [-0.39, 0.29) is 17.9 Å². The fraction of sp³-hybridized carbons (Fsp3) is 0.533. The van der Waals surface area contributed by atoms with Crippen LogP contribution in [0.4, 0.5) is 4.79 Å². The van der Waals surface area contributed by atoms with Crippen molar-refractivity contribution in [2.75, 3.05) is 13.1 Å². The van der Waals surface area contributed by atoms with Gasteiger partial charge >= 0.3 is 6.03 Å². The monoisotopic (exact) mass is 288 g/mol. The van der Waals surface area contributed by atoms with Crippen molar-refractivity contribution in [3.05, 3.63) is 30.1 Å². The maximum Gasteiger partial charge on any atom is 0.322 e. The minimum absolute atomic E-state index is 0.126. The number of pyridine rings is 1. The van der Waals surface area contributed by atoms with Crippen LogP contribution in [0.15, 0.2) is 24.4 Å². The molecule has 3 heterocycles. The van der Waals surface area contributed by atoms with E-state index in [1.807, 2.05) is 25.1 Å². The second-order valence-electron chi connectivity index (χ2n) is 6.01. The molecular formula is C15H20N4O2. The standard InChI is InChI=1S/C15H20N4O2/c1-15(13(20)17-14(21)18-15)11-5-4-8-19(9-11)10-12-6-2-3-7-16-12/h2-3,6-7,11H,4-5,8-10H2,1H3,(H2,17,18,20,21)/t11-,15-/m0/s1. The van der Waals surface area contributed by atoms with E-state index in [4.69, 9.17) is 0 Å². The van der Waals surface area contributed by atoms with E-state index in [9.17, 15) is 9.59 Å². The Morgan fingerprint density at radius 1 is 1.43 bits per heavy atom. The van der Waals surface area contributed by atoms with Crippen LogP contribution in [-0.4, -0.2) is 40.5 Å². The van der Waals surface area contributed by atoms with Crippen LogP contribution in [0.1, 0.15) is 25.5 Å². The highest BCUT2D eigenvalue weighted by Gasteiger charge is 2.48. The number of amides is 3. The largest absolute Gasteiger partial charge is 0.323 e. The molecule has 112 valence electrons. The first-order valence-corrected chi connectivity index (χ1v) is 7.34. The maximum absolute atomic E-state index is 12.0. The van der Waals surface area contributed by atoms with E-state index in [0.29, 0.717) is 0 Å². The van der Waals surface area contributed by atoms with Gasteiger partial charge in [0.25, 0.3) is 5.91 Å². The minimum Gasteiger partial charge on any atom is -0.323 e. The average molecular weight is 288 g/mol. The predicted molar refractivity (Wildman–Crippen MR) is 77.3 cm³/mol. The number of hydrogen-bond acceptors (Lipinski definition) is 4. The number of rotatable bonds is 3. The Balaban J connectivity index is 1.68. The van der Waals surface area contributed by atoms with Crippen LogP contribution in [0.25, 0.3) is 0 Å². The Morgan fingerprint density at radius 2 is 2.29 bits per heavy atom. The van der Waals surface area contributed by atoms with Gasteiger partial charge in [-0.3, -0.25) is 20.0 Å². The van der Waals surface area contributed by atoms with Crippen molar-refractivity contribution < 1.29 is 9.59 Å². The van der Waals surface area contributed by atoms with Gasteiger partial charge in [-0.15, -0.1) is 0 Å². The molecule has 0 aliphatic carbocycles. The van der Waals surface area contributed by atoms with Crippen LogP contribution in [0.3, 0.4) is 0 Å². The molecule has 1 aromatic rings. The summed E-state index contributed by atoms with van der Waals surface area (Å²) in [6.07, 6.45) is 3.77. The number of carbonyl (C=O) groups is 2. The predicted octanol–water partition coefficient (Wildman–Crippen LogP) is 0.892. The lowest BCUT2D eigenvalue weighted by Crippen LogP contribution is -2.55. The van der Waals surface area contributed by atoms with Crippen LogP contribution >= 0.6 is 0 Å². The van der Waals surface area contributed by atoms with Crippen molar-refractivity contribution in [1.82, 2.24) is 20.5 Å². The van der Waals surface area contributed by atoms with Crippen molar-refractivity contribution >= 4 is 11.9 Å². The Hall–Kier alpha value is -1.95. The van der Waals surface area contributed by atoms with Crippen molar-refractivity contribution in [1.29, 1.82) is 0 Å². The van der Waals surface area contributed by atoms with Crippen LogP contribution < -0.4 is 10.6 Å². The third-order valence-corrected chi connectivity index (χ3v) is 4.51. The molecular weight excluding hydrogens is 268 g/mol. The van der Waals surface area contributed by atoms with E-state index in [1.54, 1.807) is 6.20 Å². The van der Waals surface area contributed by atoms with Gasteiger partial charge in [-0.2, -0.15) is 0 Å². The summed E-state index contributed by atoms with van der Waals surface area (Å²) in [6.45, 7) is 4.39. The normalized spacial score (nSPS) is 30.0. The Bertz CT molecular complexity index is 548. The van der Waals surface area contributed by atoms with Crippen molar-refractivity contribution in [2.45, 2.75) is 31.8 Å². The molecule has 0 radical (unpaired) electrons. The molecule has 1 aromatic heterocycles. The van der Waals surface area contributed by atoms with Crippen molar-refractivity contribution in [3.8, 4) is 0 Å². The Labute approximate surface area is 123 Å². The Kier molecular flexibility index (Phi) is 3.63. The maximum atomic E-state index is 12.0. The van der Waals surface area contributed by atoms with Gasteiger partial charge in [0.05, 0.1) is 5.69 Å². The first kappa shape index (κ1) is 14.0. The first-order chi connectivity index (χ1) is 10.1. The lowest BCUT2D eigenvalue weighted by atomic mass is 9.80. The smallest absolute Gasteiger partial charge is 0.322 e. The number of aromatic nitrogens is 1. The molecule has 3 amide bonds. The van der Waals surface area contributed by atoms with Gasteiger partial charge in [-0.25, -0.2) is 4.79 Å². The summed E-state index contributed by atoms with van der Waals surface area (Å²) in [5.74, 6) is -0.0846. The summed E-state index contributed by atoms with van der Waals surface area (Å²) < 4.78 is 0. The molecule has 6 nitrogen and oxygen atoms in total. The van der Waals surface area contributed by atoms with Gasteiger partial charge < -0.3 is 5.32 Å². The topological polar surface area (TPSA) is 74.3 Å². The molecule has 0 saturated carbocycles. The van der Waals surface area contributed by atoms with Crippen molar-refractivity contribution in [3.63, 3.8) is 0 Å². The molecule has 6 heteroatoms. The highest BCUT2D eigenvalue weighted by molar-refractivity contribution is 6.06. The van der Waals surface area contributed by atoms with E-state index >= 15 is 0 Å². The molecule has 2 aliphatic rings. The van der Waals surface area contributed by atoms with Crippen LogP contribution in [0.2, 0.25) is 0 Å². The number of nitrogens with zero attached hydrogens (tertiary/aromatic N) is 2. The van der Waals surface area contributed by atoms with Gasteiger partial charge in [-0.05, 0) is 38.4 Å². The number of likely N-dealkylation sites (tertiary alicyclic amines) is 1. The molecule has 21 heavy (non-hydrogen) atoms. The molecule has 0 spiro atoms. The molecule has 2 saturated heterocycles. The first-order valence-electron chi connectivity index (χ1n) is 7.34. The van der Waals surface area contributed by atoms with Gasteiger partial charge in [0.1, 0.15) is 5.54 Å². The number of carbonyl (C=O) groups excluding carboxylic acids is 2. The van der Waals surface area contributed by atoms with Gasteiger partial charge in [0, 0.05) is 25.2 Å². The zero-order valence-corrected chi connectivity index (χ0v) is 12.1. The summed E-state index contributed by atoms with van der Waals surface area (Å²) in [7, 11) is 0. The fourth-order valence-electron chi connectivity index (χ4n) is 3.24. The highest BCUT2D eigenvalue weighted by atomic mass is 16.2. The summed E-state index contributed by atoms with van der Waals surface area (Å²) in [6, 6.07) is 5.51. The van der Waals surface area contributed by atoms with Crippen LogP contribution in [-0.2, 0) is 11.3 Å². The number of piperidine rings is 1. The van der Waals surface area contributed by atoms with E-state index in [2.05, 4.69) is 20.5 Å². The minimum atomic E-state index is -0.792. The second-order valence-corrected chi connectivity index (χ2v) is 6.01. The Morgan fingerprint density at radius 3 is 2.95 bits per heavy atom. The number of nitrogens with one attached hydrogen (secondary N) is 2. The molecule has 0 unspecified atom stereocenters. The number of imide groups is 1. The number of hydrogen-bond donors (Lipinski definition) is 2.